The molecule has 2 aromatic rings. The number of carbonyl (C=O) groups is 3. The van der Waals surface area contributed by atoms with Crippen LogP contribution in [-0.4, -0.2) is 53.1 Å². The lowest BCUT2D eigenvalue weighted by Crippen LogP contribution is -2.51. The highest BCUT2D eigenvalue weighted by Crippen LogP contribution is 2.18. The van der Waals surface area contributed by atoms with E-state index in [-0.39, 0.29) is 24.6 Å². The molecule has 0 spiro atoms. The molecule has 2 N–H and O–H groups in total. The Hall–Kier alpha value is -3.26. The van der Waals surface area contributed by atoms with Crippen molar-refractivity contribution in [1.29, 1.82) is 0 Å². The molecule has 146 valence electrons. The number of morpholine rings is 1. The summed E-state index contributed by atoms with van der Waals surface area (Å²) >= 11 is 0. The number of nitrogens with one attached hydrogen (secondary N) is 1. The van der Waals surface area contributed by atoms with Gasteiger partial charge in [-0.05, 0) is 49.4 Å². The fraction of sp³-hybridized carbons (Fsp3) is 0.250. The van der Waals surface area contributed by atoms with Gasteiger partial charge in [-0.15, -0.1) is 0 Å². The van der Waals surface area contributed by atoms with E-state index < -0.39 is 29.9 Å². The molecule has 3 rings (SSSR count). The third kappa shape index (κ3) is 4.52. The van der Waals surface area contributed by atoms with Gasteiger partial charge in [-0.1, -0.05) is 6.07 Å². The molecule has 8 heteroatoms. The number of rotatable bonds is 4. The van der Waals surface area contributed by atoms with Crippen molar-refractivity contribution < 1.29 is 28.6 Å². The summed E-state index contributed by atoms with van der Waals surface area (Å²) in [5.41, 5.74) is 0.996. The number of halogens is 1. The molecule has 0 radical (unpaired) electrons. The Labute approximate surface area is 160 Å². The summed E-state index contributed by atoms with van der Waals surface area (Å²) in [6, 6.07) is 11.4. The maximum atomic E-state index is 13.0. The molecule has 1 fully saturated rings. The van der Waals surface area contributed by atoms with E-state index in [0.29, 0.717) is 11.3 Å². The maximum absolute atomic E-state index is 13.0. The van der Waals surface area contributed by atoms with Crippen molar-refractivity contribution in [2.45, 2.75) is 19.1 Å². The van der Waals surface area contributed by atoms with Crippen LogP contribution in [0, 0.1) is 5.82 Å². The lowest BCUT2D eigenvalue weighted by molar-refractivity contribution is -0.160. The predicted molar refractivity (Wildman–Crippen MR) is 98.7 cm³/mol. The highest BCUT2D eigenvalue weighted by Gasteiger charge is 2.33. The molecule has 7 nitrogen and oxygen atoms in total. The summed E-state index contributed by atoms with van der Waals surface area (Å²) in [5.74, 6) is -2.34. The Morgan fingerprint density at radius 3 is 2.50 bits per heavy atom. The van der Waals surface area contributed by atoms with Crippen LogP contribution in [0.4, 0.5) is 10.1 Å². The van der Waals surface area contributed by atoms with Crippen molar-refractivity contribution in [2.24, 2.45) is 0 Å². The van der Waals surface area contributed by atoms with Gasteiger partial charge in [0.15, 0.2) is 6.10 Å². The van der Waals surface area contributed by atoms with Gasteiger partial charge >= 0.3 is 5.97 Å². The summed E-state index contributed by atoms with van der Waals surface area (Å²) in [4.78, 5) is 37.7. The Kier molecular flexibility index (Phi) is 5.70. The molecule has 0 bridgehead atoms. The first kappa shape index (κ1) is 19.5. The van der Waals surface area contributed by atoms with Crippen molar-refractivity contribution in [3.8, 4) is 0 Å². The molecular formula is C20H19FN2O5. The third-order valence-electron chi connectivity index (χ3n) is 4.30. The van der Waals surface area contributed by atoms with Crippen molar-refractivity contribution in [3.63, 3.8) is 0 Å². The van der Waals surface area contributed by atoms with Gasteiger partial charge in [-0.3, -0.25) is 9.59 Å². The minimum absolute atomic E-state index is 0.0509. The number of ether oxygens (including phenoxy) is 1. The molecule has 0 aromatic heterocycles. The quantitative estimate of drug-likeness (QED) is 0.841. The van der Waals surface area contributed by atoms with Crippen LogP contribution in [0.25, 0.3) is 0 Å². The number of carboxylic acid groups (broad SMARTS) is 1. The van der Waals surface area contributed by atoms with E-state index in [9.17, 15) is 18.8 Å². The SMILES string of the molecule is C[C@@H]1CN(C(=O)c2cccc(NC(=O)c3ccc(F)cc3)c2)CC(C(=O)O)O1. The number of carboxylic acids is 1. The Bertz CT molecular complexity index is 900. The van der Waals surface area contributed by atoms with Crippen LogP contribution in [-0.2, 0) is 9.53 Å². The first-order chi connectivity index (χ1) is 13.3. The zero-order chi connectivity index (χ0) is 20.3. The number of carbonyl (C=O) groups excluding carboxylic acids is 2. The second-order valence-corrected chi connectivity index (χ2v) is 6.53. The van der Waals surface area contributed by atoms with Crippen molar-refractivity contribution >= 4 is 23.5 Å². The van der Waals surface area contributed by atoms with Crippen LogP contribution in [0.2, 0.25) is 0 Å². The number of benzene rings is 2. The predicted octanol–water partition coefficient (Wildman–Crippen LogP) is 2.39. The normalized spacial score (nSPS) is 19.1. The molecule has 1 aliphatic heterocycles. The number of amides is 2. The van der Waals surface area contributed by atoms with E-state index in [1.807, 2.05) is 0 Å². The van der Waals surface area contributed by atoms with Gasteiger partial charge in [0, 0.05) is 23.4 Å². The summed E-state index contributed by atoms with van der Waals surface area (Å²) in [5, 5.41) is 11.8. The van der Waals surface area contributed by atoms with Crippen LogP contribution in [0.3, 0.4) is 0 Å². The van der Waals surface area contributed by atoms with Gasteiger partial charge in [0.2, 0.25) is 0 Å². The van der Waals surface area contributed by atoms with E-state index in [1.54, 1.807) is 25.1 Å². The van der Waals surface area contributed by atoms with E-state index >= 15 is 0 Å². The monoisotopic (exact) mass is 386 g/mol. The van der Waals surface area contributed by atoms with Crippen LogP contribution in [0.1, 0.15) is 27.6 Å². The maximum Gasteiger partial charge on any atom is 0.334 e. The fourth-order valence-electron chi connectivity index (χ4n) is 2.97. The Morgan fingerprint density at radius 2 is 1.82 bits per heavy atom. The zero-order valence-electron chi connectivity index (χ0n) is 15.1. The molecule has 1 aliphatic rings. The van der Waals surface area contributed by atoms with E-state index in [4.69, 9.17) is 9.84 Å². The first-order valence-electron chi connectivity index (χ1n) is 8.68. The van der Waals surface area contributed by atoms with Gasteiger partial charge in [0.25, 0.3) is 11.8 Å². The molecule has 0 saturated carbocycles. The molecule has 1 saturated heterocycles. The van der Waals surface area contributed by atoms with Crippen molar-refractivity contribution in [1.82, 2.24) is 4.90 Å². The highest BCUT2D eigenvalue weighted by molar-refractivity contribution is 6.05. The molecule has 28 heavy (non-hydrogen) atoms. The van der Waals surface area contributed by atoms with Crippen LogP contribution in [0.15, 0.2) is 48.5 Å². The molecule has 0 aliphatic carbocycles. The molecular weight excluding hydrogens is 367 g/mol. The van der Waals surface area contributed by atoms with Crippen molar-refractivity contribution in [3.05, 3.63) is 65.5 Å². The standard InChI is InChI=1S/C20H19FN2O5/c1-12-10-23(11-17(28-12)20(26)27)19(25)14-3-2-4-16(9-14)22-18(24)13-5-7-15(21)8-6-13/h2-9,12,17H,10-11H2,1H3,(H,22,24)(H,26,27)/t12-,17?/m1/s1. The Morgan fingerprint density at radius 1 is 1.11 bits per heavy atom. The van der Waals surface area contributed by atoms with Gasteiger partial charge in [0.1, 0.15) is 5.82 Å². The third-order valence-corrected chi connectivity index (χ3v) is 4.30. The smallest absolute Gasteiger partial charge is 0.334 e. The van der Waals surface area contributed by atoms with Crippen LogP contribution < -0.4 is 5.32 Å². The van der Waals surface area contributed by atoms with Crippen LogP contribution >= 0.6 is 0 Å². The number of anilines is 1. The summed E-state index contributed by atoms with van der Waals surface area (Å²) in [6.45, 7) is 1.92. The number of nitrogens with zero attached hydrogens (tertiary/aromatic N) is 1. The van der Waals surface area contributed by atoms with Gasteiger partial charge in [-0.2, -0.15) is 0 Å². The summed E-state index contributed by atoms with van der Waals surface area (Å²) < 4.78 is 18.3. The van der Waals surface area contributed by atoms with Crippen molar-refractivity contribution in [2.75, 3.05) is 18.4 Å². The zero-order valence-corrected chi connectivity index (χ0v) is 15.1. The number of aliphatic carboxylic acids is 1. The molecule has 2 atom stereocenters. The molecule has 1 unspecified atom stereocenters. The summed E-state index contributed by atoms with van der Waals surface area (Å²) in [6.07, 6.45) is -1.48. The minimum Gasteiger partial charge on any atom is -0.479 e. The molecule has 1 heterocycles. The largest absolute Gasteiger partial charge is 0.479 e. The lowest BCUT2D eigenvalue weighted by Gasteiger charge is -2.35. The minimum atomic E-state index is -1.12. The van der Waals surface area contributed by atoms with E-state index in [2.05, 4.69) is 5.32 Å². The number of hydrogen-bond acceptors (Lipinski definition) is 4. The second-order valence-electron chi connectivity index (χ2n) is 6.53. The highest BCUT2D eigenvalue weighted by atomic mass is 19.1. The van der Waals surface area contributed by atoms with Gasteiger partial charge in [-0.25, -0.2) is 9.18 Å². The first-order valence-corrected chi connectivity index (χ1v) is 8.68. The van der Waals surface area contributed by atoms with Gasteiger partial charge < -0.3 is 20.1 Å². The molecule has 2 aromatic carbocycles. The average Bonchev–Trinajstić information content (AvgIpc) is 2.67. The van der Waals surface area contributed by atoms with Crippen LogP contribution in [0.5, 0.6) is 0 Å². The van der Waals surface area contributed by atoms with E-state index in [1.165, 1.54) is 35.2 Å². The van der Waals surface area contributed by atoms with E-state index in [0.717, 1.165) is 0 Å². The topological polar surface area (TPSA) is 95.9 Å². The van der Waals surface area contributed by atoms with Gasteiger partial charge in [0.05, 0.1) is 12.6 Å². The fourth-order valence-corrected chi connectivity index (χ4v) is 2.97. The lowest BCUT2D eigenvalue weighted by atomic mass is 10.1. The summed E-state index contributed by atoms with van der Waals surface area (Å²) in [7, 11) is 0. The average molecular weight is 386 g/mol. The number of hydrogen-bond donors (Lipinski definition) is 2. The Balaban J connectivity index is 1.73. The second kappa shape index (κ2) is 8.18. The molecule has 2 amide bonds.